The van der Waals surface area contributed by atoms with E-state index in [9.17, 15) is 0 Å². The van der Waals surface area contributed by atoms with Crippen molar-refractivity contribution in [3.63, 3.8) is 0 Å². The third kappa shape index (κ3) is 3.54. The molecule has 0 atom stereocenters. The Hall–Kier alpha value is -2.04. The highest BCUT2D eigenvalue weighted by atomic mass is 32.2. The maximum absolute atomic E-state index is 8.98. The molecule has 110 valence electrons. The standard InChI is InChI=1S/C14H17N5OS/c1-10-17-18-14(19(10)6-5-15)21-9-11-3-4-12(8-16)13(7-11)20-2/h3-4,7H,5-6,9,15H2,1-2H3. The van der Waals surface area contributed by atoms with Gasteiger partial charge in [0, 0.05) is 18.8 Å². The largest absolute Gasteiger partial charge is 0.495 e. The van der Waals surface area contributed by atoms with Crippen LogP contribution in [-0.2, 0) is 12.3 Å². The predicted octanol–water partition coefficient (Wildman–Crippen LogP) is 1.72. The van der Waals surface area contributed by atoms with Gasteiger partial charge in [-0.05, 0) is 24.6 Å². The molecule has 1 aromatic heterocycles. The second kappa shape index (κ2) is 7.11. The molecule has 0 radical (unpaired) electrons. The van der Waals surface area contributed by atoms with E-state index < -0.39 is 0 Å². The van der Waals surface area contributed by atoms with Gasteiger partial charge in [-0.25, -0.2) is 0 Å². The first-order valence-corrected chi connectivity index (χ1v) is 7.47. The second-order valence-electron chi connectivity index (χ2n) is 4.41. The molecule has 0 amide bonds. The summed E-state index contributed by atoms with van der Waals surface area (Å²) in [5.41, 5.74) is 7.20. The van der Waals surface area contributed by atoms with Crippen LogP contribution in [0.25, 0.3) is 0 Å². The summed E-state index contributed by atoms with van der Waals surface area (Å²) in [4.78, 5) is 0. The fourth-order valence-electron chi connectivity index (χ4n) is 1.92. The fourth-order valence-corrected chi connectivity index (χ4v) is 2.87. The molecular formula is C14H17N5OS. The van der Waals surface area contributed by atoms with E-state index in [2.05, 4.69) is 16.3 Å². The van der Waals surface area contributed by atoms with E-state index in [-0.39, 0.29) is 0 Å². The fraction of sp³-hybridized carbons (Fsp3) is 0.357. The molecule has 1 heterocycles. The van der Waals surface area contributed by atoms with E-state index in [1.54, 1.807) is 24.9 Å². The quantitative estimate of drug-likeness (QED) is 0.817. The predicted molar refractivity (Wildman–Crippen MR) is 81.1 cm³/mol. The van der Waals surface area contributed by atoms with Crippen molar-refractivity contribution >= 4 is 11.8 Å². The van der Waals surface area contributed by atoms with Gasteiger partial charge in [0.1, 0.15) is 17.6 Å². The van der Waals surface area contributed by atoms with Crippen LogP contribution in [0.5, 0.6) is 5.75 Å². The minimum atomic E-state index is 0.536. The molecular weight excluding hydrogens is 286 g/mol. The van der Waals surface area contributed by atoms with Gasteiger partial charge < -0.3 is 15.0 Å². The molecule has 2 rings (SSSR count). The molecule has 6 nitrogen and oxygen atoms in total. The minimum absolute atomic E-state index is 0.536. The Bertz CT molecular complexity index is 662. The van der Waals surface area contributed by atoms with Gasteiger partial charge in [0.15, 0.2) is 5.16 Å². The summed E-state index contributed by atoms with van der Waals surface area (Å²) in [6.07, 6.45) is 0. The lowest BCUT2D eigenvalue weighted by molar-refractivity contribution is 0.413. The summed E-state index contributed by atoms with van der Waals surface area (Å²) < 4.78 is 7.22. The van der Waals surface area contributed by atoms with Gasteiger partial charge in [0.25, 0.3) is 0 Å². The Morgan fingerprint density at radius 1 is 1.43 bits per heavy atom. The van der Waals surface area contributed by atoms with Crippen molar-refractivity contribution in [3.8, 4) is 11.8 Å². The van der Waals surface area contributed by atoms with Crippen molar-refractivity contribution in [1.29, 1.82) is 5.26 Å². The van der Waals surface area contributed by atoms with Crippen molar-refractivity contribution in [2.75, 3.05) is 13.7 Å². The van der Waals surface area contributed by atoms with Crippen molar-refractivity contribution in [3.05, 3.63) is 35.2 Å². The van der Waals surface area contributed by atoms with Crippen LogP contribution in [0.4, 0.5) is 0 Å². The second-order valence-corrected chi connectivity index (χ2v) is 5.35. The first kappa shape index (κ1) is 15.4. The third-order valence-corrected chi connectivity index (χ3v) is 4.05. The van der Waals surface area contributed by atoms with E-state index >= 15 is 0 Å². The molecule has 7 heteroatoms. The van der Waals surface area contributed by atoms with Gasteiger partial charge >= 0.3 is 0 Å². The number of hydrogen-bond acceptors (Lipinski definition) is 6. The van der Waals surface area contributed by atoms with Crippen molar-refractivity contribution in [2.45, 2.75) is 24.4 Å². The molecule has 2 N–H and O–H groups in total. The monoisotopic (exact) mass is 303 g/mol. The van der Waals surface area contributed by atoms with Crippen LogP contribution >= 0.6 is 11.8 Å². The number of benzene rings is 1. The zero-order valence-electron chi connectivity index (χ0n) is 12.0. The Balaban J connectivity index is 2.12. The smallest absolute Gasteiger partial charge is 0.191 e. The van der Waals surface area contributed by atoms with Gasteiger partial charge in [-0.15, -0.1) is 10.2 Å². The average molecular weight is 303 g/mol. The highest BCUT2D eigenvalue weighted by Gasteiger charge is 2.10. The summed E-state index contributed by atoms with van der Waals surface area (Å²) in [7, 11) is 1.56. The summed E-state index contributed by atoms with van der Waals surface area (Å²) in [6, 6.07) is 7.67. The summed E-state index contributed by atoms with van der Waals surface area (Å²) in [6.45, 7) is 3.17. The van der Waals surface area contributed by atoms with E-state index in [1.807, 2.05) is 23.6 Å². The van der Waals surface area contributed by atoms with Crippen molar-refractivity contribution in [1.82, 2.24) is 14.8 Å². The molecule has 0 aliphatic heterocycles. The summed E-state index contributed by atoms with van der Waals surface area (Å²) in [5.74, 6) is 2.18. The van der Waals surface area contributed by atoms with Crippen LogP contribution in [0.3, 0.4) is 0 Å². The molecule has 0 bridgehead atoms. The lowest BCUT2D eigenvalue weighted by atomic mass is 10.1. The Kier molecular flexibility index (Phi) is 5.20. The van der Waals surface area contributed by atoms with Gasteiger partial charge in [-0.3, -0.25) is 0 Å². The number of rotatable bonds is 6. The van der Waals surface area contributed by atoms with Gasteiger partial charge in [-0.2, -0.15) is 5.26 Å². The Morgan fingerprint density at radius 3 is 2.90 bits per heavy atom. The molecule has 0 spiro atoms. The topological polar surface area (TPSA) is 89.8 Å². The molecule has 0 aliphatic carbocycles. The normalized spacial score (nSPS) is 10.4. The van der Waals surface area contributed by atoms with E-state index in [4.69, 9.17) is 15.7 Å². The molecule has 0 fully saturated rings. The molecule has 0 aliphatic rings. The van der Waals surface area contributed by atoms with Crippen LogP contribution < -0.4 is 10.5 Å². The summed E-state index contributed by atoms with van der Waals surface area (Å²) in [5, 5.41) is 18.1. The van der Waals surface area contributed by atoms with Gasteiger partial charge in [0.2, 0.25) is 0 Å². The van der Waals surface area contributed by atoms with E-state index in [0.717, 1.165) is 22.3 Å². The Morgan fingerprint density at radius 2 is 2.24 bits per heavy atom. The van der Waals surface area contributed by atoms with Gasteiger partial charge in [0.05, 0.1) is 12.7 Å². The Labute approximate surface area is 127 Å². The average Bonchev–Trinajstić information content (AvgIpc) is 2.86. The molecule has 21 heavy (non-hydrogen) atoms. The number of methoxy groups -OCH3 is 1. The minimum Gasteiger partial charge on any atom is -0.495 e. The van der Waals surface area contributed by atoms with Crippen LogP contribution in [-0.4, -0.2) is 28.4 Å². The molecule has 2 aromatic rings. The zero-order valence-corrected chi connectivity index (χ0v) is 12.9. The van der Waals surface area contributed by atoms with E-state index in [1.165, 1.54) is 0 Å². The number of thioether (sulfide) groups is 1. The number of nitrogens with two attached hydrogens (primary N) is 1. The number of nitrogens with zero attached hydrogens (tertiary/aromatic N) is 4. The lowest BCUT2D eigenvalue weighted by Gasteiger charge is -2.08. The first-order chi connectivity index (χ1) is 10.2. The molecule has 1 aromatic carbocycles. The highest BCUT2D eigenvalue weighted by molar-refractivity contribution is 7.98. The lowest BCUT2D eigenvalue weighted by Crippen LogP contribution is -2.12. The number of aromatic nitrogens is 3. The third-order valence-electron chi connectivity index (χ3n) is 3.01. The number of nitriles is 1. The van der Waals surface area contributed by atoms with E-state index in [0.29, 0.717) is 24.4 Å². The molecule has 0 saturated heterocycles. The number of aryl methyl sites for hydroxylation is 1. The first-order valence-electron chi connectivity index (χ1n) is 6.49. The number of hydrogen-bond donors (Lipinski definition) is 1. The zero-order chi connectivity index (χ0) is 15.2. The van der Waals surface area contributed by atoms with Crippen LogP contribution in [0.1, 0.15) is 17.0 Å². The highest BCUT2D eigenvalue weighted by Crippen LogP contribution is 2.25. The van der Waals surface area contributed by atoms with Crippen LogP contribution in [0, 0.1) is 18.3 Å². The SMILES string of the molecule is COc1cc(CSc2nnc(C)n2CCN)ccc1C#N. The van der Waals surface area contributed by atoms with Crippen LogP contribution in [0.2, 0.25) is 0 Å². The van der Waals surface area contributed by atoms with Crippen molar-refractivity contribution < 1.29 is 4.74 Å². The van der Waals surface area contributed by atoms with Gasteiger partial charge in [-0.1, -0.05) is 17.8 Å². The number of ether oxygens (including phenoxy) is 1. The maximum Gasteiger partial charge on any atom is 0.191 e. The molecule has 0 unspecified atom stereocenters. The van der Waals surface area contributed by atoms with Crippen molar-refractivity contribution in [2.24, 2.45) is 5.73 Å². The van der Waals surface area contributed by atoms with Crippen LogP contribution in [0.15, 0.2) is 23.4 Å². The summed E-state index contributed by atoms with van der Waals surface area (Å²) >= 11 is 1.59. The maximum atomic E-state index is 8.98. The molecule has 0 saturated carbocycles.